The number of aliphatic hydroxyl groups is 1. The van der Waals surface area contributed by atoms with Crippen LogP contribution >= 0.6 is 11.3 Å². The lowest BCUT2D eigenvalue weighted by molar-refractivity contribution is 0.0919. The van der Waals surface area contributed by atoms with Crippen molar-refractivity contribution in [2.24, 2.45) is 5.92 Å². The molecule has 2 atom stereocenters. The van der Waals surface area contributed by atoms with Crippen LogP contribution in [0, 0.1) is 12.8 Å². The summed E-state index contributed by atoms with van der Waals surface area (Å²) in [7, 11) is 0. The molecule has 0 aromatic carbocycles. The summed E-state index contributed by atoms with van der Waals surface area (Å²) < 4.78 is 0. The van der Waals surface area contributed by atoms with E-state index in [1.807, 2.05) is 13.8 Å². The van der Waals surface area contributed by atoms with Crippen LogP contribution in [0.3, 0.4) is 0 Å². The van der Waals surface area contributed by atoms with Crippen molar-refractivity contribution in [1.82, 2.24) is 20.5 Å². The first kappa shape index (κ1) is 18.2. The fourth-order valence-corrected chi connectivity index (χ4v) is 3.48. The monoisotopic (exact) mass is 340 g/mol. The predicted octanol–water partition coefficient (Wildman–Crippen LogP) is 1.90. The van der Waals surface area contributed by atoms with Gasteiger partial charge in [-0.2, -0.15) is 0 Å². The number of aryl methyl sites for hydroxylation is 1. The van der Waals surface area contributed by atoms with Crippen molar-refractivity contribution in [2.75, 3.05) is 26.2 Å². The zero-order valence-electron chi connectivity index (χ0n) is 14.2. The molecule has 7 heteroatoms. The summed E-state index contributed by atoms with van der Waals surface area (Å²) in [5.41, 5.74) is 0. The summed E-state index contributed by atoms with van der Waals surface area (Å²) in [6.45, 7) is 9.12. The van der Waals surface area contributed by atoms with Crippen LogP contribution in [-0.2, 0) is 0 Å². The summed E-state index contributed by atoms with van der Waals surface area (Å²) in [5.74, 6) is 0.781. The number of amides is 2. The van der Waals surface area contributed by atoms with Crippen molar-refractivity contribution in [1.29, 1.82) is 0 Å². The van der Waals surface area contributed by atoms with Gasteiger partial charge in [-0.3, -0.25) is 0 Å². The molecule has 130 valence electrons. The van der Waals surface area contributed by atoms with E-state index in [9.17, 15) is 9.90 Å². The Morgan fingerprint density at radius 3 is 2.83 bits per heavy atom. The second-order valence-corrected chi connectivity index (χ2v) is 7.79. The Morgan fingerprint density at radius 1 is 1.52 bits per heavy atom. The van der Waals surface area contributed by atoms with Crippen LogP contribution in [0.15, 0.2) is 6.20 Å². The largest absolute Gasteiger partial charge is 0.390 e. The Morgan fingerprint density at radius 2 is 2.22 bits per heavy atom. The van der Waals surface area contributed by atoms with Gasteiger partial charge in [0.15, 0.2) is 0 Å². The van der Waals surface area contributed by atoms with Gasteiger partial charge in [0.25, 0.3) is 0 Å². The van der Waals surface area contributed by atoms with Gasteiger partial charge in [-0.15, -0.1) is 11.3 Å². The van der Waals surface area contributed by atoms with E-state index in [2.05, 4.69) is 27.4 Å². The second kappa shape index (κ2) is 8.61. The standard InChI is InChI=1S/C16H28N4O2S/c1-11-4-6-20(7-5-11)10-14(21)9-18-16(22)19-13(3)15-17-8-12(2)23-15/h8,11,13-14,21H,4-7,9-10H2,1-3H3,(H2,18,19,22). The molecule has 1 aliphatic rings. The Bertz CT molecular complexity index is 500. The van der Waals surface area contributed by atoms with E-state index in [0.717, 1.165) is 28.9 Å². The molecule has 1 aromatic heterocycles. The molecule has 1 saturated heterocycles. The number of aliphatic hydroxyl groups excluding tert-OH is 1. The van der Waals surface area contributed by atoms with Gasteiger partial charge in [0.05, 0.1) is 12.1 Å². The number of likely N-dealkylation sites (tertiary alicyclic amines) is 1. The maximum atomic E-state index is 11.9. The van der Waals surface area contributed by atoms with Gasteiger partial charge >= 0.3 is 6.03 Å². The van der Waals surface area contributed by atoms with E-state index in [1.165, 1.54) is 12.8 Å². The number of hydrogen-bond donors (Lipinski definition) is 3. The van der Waals surface area contributed by atoms with Gasteiger partial charge in [0.1, 0.15) is 5.01 Å². The summed E-state index contributed by atoms with van der Waals surface area (Å²) >= 11 is 1.58. The normalized spacial score (nSPS) is 19.3. The molecule has 2 rings (SSSR count). The Labute approximate surface area is 142 Å². The van der Waals surface area contributed by atoms with Gasteiger partial charge < -0.3 is 20.6 Å². The highest BCUT2D eigenvalue weighted by Crippen LogP contribution is 2.18. The second-order valence-electron chi connectivity index (χ2n) is 6.52. The average molecular weight is 340 g/mol. The lowest BCUT2D eigenvalue weighted by atomic mass is 9.99. The van der Waals surface area contributed by atoms with Gasteiger partial charge in [-0.05, 0) is 45.7 Å². The third kappa shape index (κ3) is 6.08. The molecule has 0 aliphatic carbocycles. The highest BCUT2D eigenvalue weighted by molar-refractivity contribution is 7.11. The Hall–Kier alpha value is -1.18. The third-order valence-electron chi connectivity index (χ3n) is 4.20. The van der Waals surface area contributed by atoms with E-state index >= 15 is 0 Å². The number of nitrogens with zero attached hydrogens (tertiary/aromatic N) is 2. The fraction of sp³-hybridized carbons (Fsp3) is 0.750. The maximum absolute atomic E-state index is 11.9. The van der Waals surface area contributed by atoms with E-state index < -0.39 is 6.10 Å². The molecular weight excluding hydrogens is 312 g/mol. The molecule has 1 aromatic rings. The minimum absolute atomic E-state index is 0.130. The molecule has 0 radical (unpaired) electrons. The third-order valence-corrected chi connectivity index (χ3v) is 5.30. The molecule has 2 heterocycles. The van der Waals surface area contributed by atoms with Crippen molar-refractivity contribution in [3.63, 3.8) is 0 Å². The number of β-amino-alcohol motifs (C(OH)–C–C–N with tert-alkyl or cyclic N) is 1. The van der Waals surface area contributed by atoms with E-state index in [-0.39, 0.29) is 18.6 Å². The van der Waals surface area contributed by atoms with Gasteiger partial charge in [0, 0.05) is 24.2 Å². The first-order valence-corrected chi connectivity index (χ1v) is 9.12. The van der Waals surface area contributed by atoms with Gasteiger partial charge in [-0.25, -0.2) is 9.78 Å². The summed E-state index contributed by atoms with van der Waals surface area (Å²) in [5, 5.41) is 16.6. The van der Waals surface area contributed by atoms with E-state index in [0.29, 0.717) is 6.54 Å². The number of aromatic nitrogens is 1. The smallest absolute Gasteiger partial charge is 0.315 e. The number of carbonyl (C=O) groups is 1. The molecule has 6 nitrogen and oxygen atoms in total. The summed E-state index contributed by atoms with van der Waals surface area (Å²) in [6, 6.07) is -0.397. The van der Waals surface area contributed by atoms with Crippen molar-refractivity contribution < 1.29 is 9.90 Å². The zero-order valence-corrected chi connectivity index (χ0v) is 15.0. The number of thiazole rings is 1. The lowest BCUT2D eigenvalue weighted by Gasteiger charge is -2.31. The lowest BCUT2D eigenvalue weighted by Crippen LogP contribution is -2.45. The van der Waals surface area contributed by atoms with Crippen molar-refractivity contribution in [3.8, 4) is 0 Å². The van der Waals surface area contributed by atoms with Crippen LogP contribution in [0.4, 0.5) is 4.79 Å². The molecule has 1 aliphatic heterocycles. The van der Waals surface area contributed by atoms with Crippen molar-refractivity contribution >= 4 is 17.4 Å². The number of urea groups is 1. The van der Waals surface area contributed by atoms with Crippen molar-refractivity contribution in [2.45, 2.75) is 45.8 Å². The summed E-state index contributed by atoms with van der Waals surface area (Å²) in [4.78, 5) is 19.6. The number of piperidine rings is 1. The first-order chi connectivity index (χ1) is 10.9. The molecule has 0 spiro atoms. The van der Waals surface area contributed by atoms with Crippen LogP contribution in [0.25, 0.3) is 0 Å². The topological polar surface area (TPSA) is 77.5 Å². The van der Waals surface area contributed by atoms with Crippen molar-refractivity contribution in [3.05, 3.63) is 16.1 Å². The van der Waals surface area contributed by atoms with Gasteiger partial charge in [-0.1, -0.05) is 6.92 Å². The van der Waals surface area contributed by atoms with Crippen LogP contribution in [0.5, 0.6) is 0 Å². The van der Waals surface area contributed by atoms with Crippen LogP contribution in [0.1, 0.15) is 42.6 Å². The molecule has 2 amide bonds. The molecule has 3 N–H and O–H groups in total. The number of rotatable bonds is 6. The van der Waals surface area contributed by atoms with Crippen LogP contribution in [-0.4, -0.2) is 53.3 Å². The van der Waals surface area contributed by atoms with Crippen LogP contribution in [0.2, 0.25) is 0 Å². The van der Waals surface area contributed by atoms with Crippen LogP contribution < -0.4 is 10.6 Å². The molecule has 1 fully saturated rings. The number of hydrogen-bond acceptors (Lipinski definition) is 5. The minimum Gasteiger partial charge on any atom is -0.390 e. The maximum Gasteiger partial charge on any atom is 0.315 e. The molecule has 0 saturated carbocycles. The van der Waals surface area contributed by atoms with Gasteiger partial charge in [0.2, 0.25) is 0 Å². The average Bonchev–Trinajstić information content (AvgIpc) is 2.94. The molecule has 23 heavy (non-hydrogen) atoms. The van der Waals surface area contributed by atoms with E-state index in [4.69, 9.17) is 0 Å². The number of nitrogens with one attached hydrogen (secondary N) is 2. The minimum atomic E-state index is -0.536. The SMILES string of the molecule is Cc1cnc(C(C)NC(=O)NCC(O)CN2CCC(C)CC2)s1. The Kier molecular flexibility index (Phi) is 6.80. The predicted molar refractivity (Wildman–Crippen MR) is 92.6 cm³/mol. The fourth-order valence-electron chi connectivity index (χ4n) is 2.70. The molecule has 2 unspecified atom stereocenters. The zero-order chi connectivity index (χ0) is 16.8. The molecule has 0 bridgehead atoms. The quantitative estimate of drug-likeness (QED) is 0.739. The van der Waals surface area contributed by atoms with E-state index in [1.54, 1.807) is 17.5 Å². The Balaban J connectivity index is 1.65. The molecular formula is C16H28N4O2S. The first-order valence-electron chi connectivity index (χ1n) is 8.31. The number of carbonyl (C=O) groups excluding carboxylic acids is 1. The highest BCUT2D eigenvalue weighted by Gasteiger charge is 2.19. The summed E-state index contributed by atoms with van der Waals surface area (Å²) in [6.07, 6.45) is 3.64. The highest BCUT2D eigenvalue weighted by atomic mass is 32.1.